The van der Waals surface area contributed by atoms with E-state index in [0.29, 0.717) is 0 Å². The first-order valence-corrected chi connectivity index (χ1v) is 13.1. The molecule has 0 saturated heterocycles. The molecule has 0 atom stereocenters. The third-order valence-corrected chi connectivity index (χ3v) is 7.31. The van der Waals surface area contributed by atoms with E-state index in [4.69, 9.17) is 0 Å². The summed E-state index contributed by atoms with van der Waals surface area (Å²) in [7, 11) is 0. The zero-order valence-electron chi connectivity index (χ0n) is 21.6. The van der Waals surface area contributed by atoms with Gasteiger partial charge in [0.05, 0.1) is 32.3 Å². The minimum atomic E-state index is -0.495. The monoisotopic (exact) mass is 413 g/mol. The molecule has 30 heavy (non-hydrogen) atoms. The molecule has 172 valence electrons. The highest BCUT2D eigenvalue weighted by Gasteiger charge is 2.20. The fourth-order valence-corrected chi connectivity index (χ4v) is 4.53. The summed E-state index contributed by atoms with van der Waals surface area (Å²) in [6, 6.07) is 10.5. The molecule has 0 aliphatic heterocycles. The van der Waals surface area contributed by atoms with Gasteiger partial charge in [0.25, 0.3) is 0 Å². The summed E-state index contributed by atoms with van der Waals surface area (Å²) in [5.41, 5.74) is 1.17. The van der Waals surface area contributed by atoms with E-state index in [9.17, 15) is 0 Å². The van der Waals surface area contributed by atoms with Crippen LogP contribution < -0.4 is 0 Å². The van der Waals surface area contributed by atoms with Crippen LogP contribution in [-0.2, 0) is 0 Å². The topological polar surface area (TPSA) is 0 Å². The molecular weight excluding hydrogens is 361 g/mol. The molecule has 1 nitrogen and oxygen atoms in total. The predicted octanol–water partition coefficient (Wildman–Crippen LogP) is 8.31. The fourth-order valence-electron chi connectivity index (χ4n) is 4.53. The summed E-state index contributed by atoms with van der Waals surface area (Å²) in [6.07, 6.45) is 11.3. The van der Waals surface area contributed by atoms with Gasteiger partial charge in [-0.05, 0) is 39.8 Å². The van der Waals surface area contributed by atoms with Gasteiger partial charge in [-0.25, -0.2) is 0 Å². The van der Waals surface area contributed by atoms with Crippen molar-refractivity contribution in [1.82, 2.24) is 0 Å². The standard InChI is InChI=1S/C20H32B.C8H20N/c1-4-7-16-21(17-8-5-2,18-9-6-3)19-15-20-13-11-10-12-14-20;1-5-9(6-2,7-3)8-4/h10-14H,4-9,16-18H2,1-3H3;5-8H2,1-4H3/q-1;+1. The second kappa shape index (κ2) is 17.5. The molecule has 0 heterocycles. The van der Waals surface area contributed by atoms with Crippen molar-refractivity contribution < 1.29 is 4.48 Å². The van der Waals surface area contributed by atoms with E-state index in [1.165, 1.54) is 93.7 Å². The maximum absolute atomic E-state index is 3.77. The van der Waals surface area contributed by atoms with E-state index < -0.39 is 6.15 Å². The Labute approximate surface area is 190 Å². The Morgan fingerprint density at radius 2 is 1.03 bits per heavy atom. The van der Waals surface area contributed by atoms with Gasteiger partial charge >= 0.3 is 0 Å². The Morgan fingerprint density at radius 3 is 1.33 bits per heavy atom. The average molecular weight is 414 g/mol. The minimum absolute atomic E-state index is 0.495. The van der Waals surface area contributed by atoms with Crippen LogP contribution in [0, 0.1) is 11.7 Å². The zero-order valence-corrected chi connectivity index (χ0v) is 21.6. The maximum Gasteiger partial charge on any atom is 0.0757 e. The first kappa shape index (κ1) is 28.8. The van der Waals surface area contributed by atoms with Crippen molar-refractivity contribution in [2.75, 3.05) is 26.2 Å². The lowest BCUT2D eigenvalue weighted by atomic mass is 9.19. The molecule has 0 unspecified atom stereocenters. The van der Waals surface area contributed by atoms with Gasteiger partial charge in [0, 0.05) is 5.56 Å². The first-order chi connectivity index (χ1) is 14.5. The van der Waals surface area contributed by atoms with Crippen molar-refractivity contribution in [3.8, 4) is 11.7 Å². The summed E-state index contributed by atoms with van der Waals surface area (Å²) in [6.45, 7) is 21.1. The van der Waals surface area contributed by atoms with Crippen LogP contribution in [-0.4, -0.2) is 36.8 Å². The predicted molar refractivity (Wildman–Crippen MR) is 141 cm³/mol. The number of rotatable bonds is 13. The van der Waals surface area contributed by atoms with Crippen molar-refractivity contribution in [2.24, 2.45) is 0 Å². The molecule has 0 bridgehead atoms. The number of quaternary nitrogens is 1. The van der Waals surface area contributed by atoms with Crippen molar-refractivity contribution in [3.63, 3.8) is 0 Å². The van der Waals surface area contributed by atoms with Crippen molar-refractivity contribution in [1.29, 1.82) is 0 Å². The second-order valence-corrected chi connectivity index (χ2v) is 9.15. The zero-order chi connectivity index (χ0) is 22.7. The molecule has 0 aliphatic carbocycles. The largest absolute Gasteiger partial charge is 0.325 e. The van der Waals surface area contributed by atoms with Gasteiger partial charge in [0.1, 0.15) is 0 Å². The second-order valence-electron chi connectivity index (χ2n) is 9.15. The molecule has 0 radical (unpaired) electrons. The SMILES string of the molecule is CCCC[B-](C#Cc1ccccc1)(CCCC)CCCC.CC[N+](CC)(CC)CC. The van der Waals surface area contributed by atoms with Gasteiger partial charge in [0.2, 0.25) is 0 Å². The Hall–Kier alpha value is -1.20. The smallest absolute Gasteiger partial charge is 0.0757 e. The van der Waals surface area contributed by atoms with Crippen LogP contribution in [0.25, 0.3) is 0 Å². The van der Waals surface area contributed by atoms with Crippen molar-refractivity contribution in [2.45, 2.75) is 106 Å². The number of unbranched alkanes of at least 4 members (excludes halogenated alkanes) is 3. The summed E-state index contributed by atoms with van der Waals surface area (Å²) in [5.74, 6) is 7.26. The molecule has 0 N–H and O–H groups in total. The van der Waals surface area contributed by atoms with Crippen molar-refractivity contribution in [3.05, 3.63) is 35.9 Å². The summed E-state index contributed by atoms with van der Waals surface area (Å²) >= 11 is 0. The Bertz CT molecular complexity index is 526. The molecule has 1 rings (SSSR count). The Kier molecular flexibility index (Phi) is 16.8. The molecule has 0 fully saturated rings. The van der Waals surface area contributed by atoms with Crippen LogP contribution in [0.1, 0.15) is 92.6 Å². The van der Waals surface area contributed by atoms with E-state index in [1.807, 2.05) is 0 Å². The van der Waals surface area contributed by atoms with Gasteiger partial charge in [-0.1, -0.05) is 77.5 Å². The van der Waals surface area contributed by atoms with E-state index in [-0.39, 0.29) is 0 Å². The van der Waals surface area contributed by atoms with Crippen LogP contribution in [0.15, 0.2) is 30.3 Å². The highest BCUT2D eigenvalue weighted by molar-refractivity contribution is 6.87. The summed E-state index contributed by atoms with van der Waals surface area (Å²) in [5, 5.41) is 0. The Morgan fingerprint density at radius 1 is 0.633 bits per heavy atom. The number of benzene rings is 1. The summed E-state index contributed by atoms with van der Waals surface area (Å²) < 4.78 is 1.28. The molecule has 1 aromatic carbocycles. The molecule has 0 spiro atoms. The van der Waals surface area contributed by atoms with Gasteiger partial charge in [-0.3, -0.25) is 0 Å². The number of hydrogen-bond acceptors (Lipinski definition) is 0. The normalized spacial score (nSPS) is 11.3. The molecule has 2 heteroatoms. The first-order valence-electron chi connectivity index (χ1n) is 13.1. The van der Waals surface area contributed by atoms with E-state index in [2.05, 4.69) is 90.5 Å². The van der Waals surface area contributed by atoms with Gasteiger partial charge in [-0.15, -0.1) is 5.92 Å². The van der Waals surface area contributed by atoms with Crippen LogP contribution in [0.3, 0.4) is 0 Å². The van der Waals surface area contributed by atoms with E-state index in [1.54, 1.807) is 0 Å². The molecule has 1 aromatic rings. The number of nitrogens with zero attached hydrogens (tertiary/aromatic N) is 1. The van der Waals surface area contributed by atoms with Gasteiger partial charge < -0.3 is 10.3 Å². The highest BCUT2D eigenvalue weighted by atomic mass is 15.3. The third kappa shape index (κ3) is 11.3. The number of hydrogen-bond donors (Lipinski definition) is 0. The van der Waals surface area contributed by atoms with Crippen LogP contribution in [0.2, 0.25) is 19.0 Å². The molecule has 0 aromatic heterocycles. The minimum Gasteiger partial charge on any atom is -0.325 e. The van der Waals surface area contributed by atoms with Gasteiger partial charge in [-0.2, -0.15) is 19.0 Å². The van der Waals surface area contributed by atoms with Gasteiger partial charge in [0.15, 0.2) is 0 Å². The molecule has 0 amide bonds. The van der Waals surface area contributed by atoms with Crippen LogP contribution >= 0.6 is 0 Å². The highest BCUT2D eigenvalue weighted by Crippen LogP contribution is 2.28. The molecule has 0 aliphatic rings. The molecular formula is C28H52BN. The lowest BCUT2D eigenvalue weighted by Gasteiger charge is -2.35. The van der Waals surface area contributed by atoms with Crippen LogP contribution in [0.4, 0.5) is 0 Å². The average Bonchev–Trinajstić information content (AvgIpc) is 2.81. The van der Waals surface area contributed by atoms with E-state index in [0.717, 1.165) is 0 Å². The molecule has 0 saturated carbocycles. The lowest BCUT2D eigenvalue weighted by molar-refractivity contribution is -0.921. The van der Waals surface area contributed by atoms with E-state index >= 15 is 0 Å². The third-order valence-electron chi connectivity index (χ3n) is 7.31. The van der Waals surface area contributed by atoms with Crippen LogP contribution in [0.5, 0.6) is 0 Å². The quantitative estimate of drug-likeness (QED) is 0.173. The Balaban J connectivity index is 0.000000787. The lowest BCUT2D eigenvalue weighted by Crippen LogP contribution is -2.47. The maximum atomic E-state index is 3.77. The summed E-state index contributed by atoms with van der Waals surface area (Å²) in [4.78, 5) is 0. The van der Waals surface area contributed by atoms with Crippen molar-refractivity contribution >= 4 is 6.15 Å². The fraction of sp³-hybridized carbons (Fsp3) is 0.714.